The normalized spacial score (nSPS) is 11.6. The predicted molar refractivity (Wildman–Crippen MR) is 96.1 cm³/mol. The summed E-state index contributed by atoms with van der Waals surface area (Å²) in [5, 5.41) is 2.80. The second-order valence-electron chi connectivity index (χ2n) is 5.41. The van der Waals surface area contributed by atoms with E-state index in [1.807, 2.05) is 17.5 Å². The number of aromatic nitrogens is 2. The lowest BCUT2D eigenvalue weighted by atomic mass is 10.2. The minimum Gasteiger partial charge on any atom is -0.265 e. The Morgan fingerprint density at radius 1 is 1.08 bits per heavy atom. The van der Waals surface area contributed by atoms with Gasteiger partial charge in [0.2, 0.25) is 10.0 Å². The van der Waals surface area contributed by atoms with E-state index in [0.717, 1.165) is 16.3 Å². The summed E-state index contributed by atoms with van der Waals surface area (Å²) in [7, 11) is -3.47. The number of nitrogens with one attached hydrogen (secondary N) is 1. The Kier molecular flexibility index (Phi) is 5.52. The third-order valence-electron chi connectivity index (χ3n) is 3.45. The van der Waals surface area contributed by atoms with E-state index in [2.05, 4.69) is 14.7 Å². The smallest absolute Gasteiger partial charge is 0.215 e. The number of pyridine rings is 1. The molecule has 0 radical (unpaired) electrons. The first-order valence-corrected chi connectivity index (χ1v) is 10.1. The van der Waals surface area contributed by atoms with Crippen molar-refractivity contribution in [1.82, 2.24) is 14.7 Å². The third kappa shape index (κ3) is 5.15. The van der Waals surface area contributed by atoms with E-state index in [-0.39, 0.29) is 18.1 Å². The first-order chi connectivity index (χ1) is 12.0. The first-order valence-electron chi connectivity index (χ1n) is 7.58. The standard InChI is InChI=1S/C17H16FN3O2S2/c18-15-3-1-13(2-4-15)12-25(22,23)20-10-7-16-11-24-17(21-16)14-5-8-19-9-6-14/h1-6,8-9,11,20H,7,10,12H2. The highest BCUT2D eigenvalue weighted by atomic mass is 32.2. The van der Waals surface area contributed by atoms with Crippen LogP contribution in [0.4, 0.5) is 4.39 Å². The first kappa shape index (κ1) is 17.7. The number of rotatable bonds is 7. The molecule has 0 amide bonds. The molecule has 0 bridgehead atoms. The summed E-state index contributed by atoms with van der Waals surface area (Å²) in [4.78, 5) is 8.48. The van der Waals surface area contributed by atoms with Crippen molar-refractivity contribution in [3.63, 3.8) is 0 Å². The molecule has 5 nitrogen and oxygen atoms in total. The lowest BCUT2D eigenvalue weighted by Crippen LogP contribution is -2.27. The quantitative estimate of drug-likeness (QED) is 0.687. The van der Waals surface area contributed by atoms with E-state index in [1.54, 1.807) is 12.4 Å². The maximum absolute atomic E-state index is 12.9. The molecule has 2 heterocycles. The number of sulfonamides is 1. The lowest BCUT2D eigenvalue weighted by Gasteiger charge is -2.06. The molecule has 25 heavy (non-hydrogen) atoms. The Morgan fingerprint density at radius 3 is 2.52 bits per heavy atom. The zero-order valence-corrected chi connectivity index (χ0v) is 14.9. The molecule has 1 aromatic carbocycles. The molecular formula is C17H16FN3O2S2. The highest BCUT2D eigenvalue weighted by Gasteiger charge is 2.12. The number of nitrogens with zero attached hydrogens (tertiary/aromatic N) is 2. The second kappa shape index (κ2) is 7.81. The summed E-state index contributed by atoms with van der Waals surface area (Å²) in [5.41, 5.74) is 2.37. The molecule has 3 rings (SSSR count). The molecule has 0 spiro atoms. The molecule has 0 saturated carbocycles. The van der Waals surface area contributed by atoms with Gasteiger partial charge in [0.05, 0.1) is 11.4 Å². The summed E-state index contributed by atoms with van der Waals surface area (Å²) >= 11 is 1.51. The maximum Gasteiger partial charge on any atom is 0.215 e. The fourth-order valence-corrected chi connectivity index (χ4v) is 4.24. The topological polar surface area (TPSA) is 72.0 Å². The van der Waals surface area contributed by atoms with Crippen molar-refractivity contribution in [3.05, 3.63) is 71.2 Å². The zero-order valence-electron chi connectivity index (χ0n) is 13.2. The Bertz CT molecular complexity index is 926. The predicted octanol–water partition coefficient (Wildman–Crippen LogP) is 3.01. The maximum atomic E-state index is 12.9. The van der Waals surface area contributed by atoms with Gasteiger partial charge >= 0.3 is 0 Å². The van der Waals surface area contributed by atoms with Crippen molar-refractivity contribution in [3.8, 4) is 10.6 Å². The average molecular weight is 377 g/mol. The Labute approximate surface area is 149 Å². The molecular weight excluding hydrogens is 361 g/mol. The molecule has 0 aliphatic carbocycles. The minimum absolute atomic E-state index is 0.174. The van der Waals surface area contributed by atoms with E-state index in [1.165, 1.54) is 35.6 Å². The molecule has 1 N–H and O–H groups in total. The van der Waals surface area contributed by atoms with Gasteiger partial charge in [-0.2, -0.15) is 0 Å². The van der Waals surface area contributed by atoms with Crippen LogP contribution in [-0.2, 0) is 22.2 Å². The summed E-state index contributed by atoms with van der Waals surface area (Å²) in [6.45, 7) is 0.267. The van der Waals surface area contributed by atoms with E-state index >= 15 is 0 Å². The third-order valence-corrected chi connectivity index (χ3v) is 5.75. The molecule has 0 atom stereocenters. The van der Waals surface area contributed by atoms with Gasteiger partial charge in [0, 0.05) is 36.3 Å². The van der Waals surface area contributed by atoms with Gasteiger partial charge in [0.1, 0.15) is 10.8 Å². The van der Waals surface area contributed by atoms with Crippen molar-refractivity contribution in [1.29, 1.82) is 0 Å². The summed E-state index contributed by atoms with van der Waals surface area (Å²) < 4.78 is 39.6. The van der Waals surface area contributed by atoms with Gasteiger partial charge in [-0.1, -0.05) is 12.1 Å². The van der Waals surface area contributed by atoms with Crippen LogP contribution >= 0.6 is 11.3 Å². The van der Waals surface area contributed by atoms with Crippen LogP contribution in [0, 0.1) is 5.82 Å². The molecule has 0 unspecified atom stereocenters. The van der Waals surface area contributed by atoms with Gasteiger partial charge in [-0.25, -0.2) is 22.5 Å². The van der Waals surface area contributed by atoms with E-state index in [4.69, 9.17) is 0 Å². The van der Waals surface area contributed by atoms with Gasteiger partial charge in [-0.05, 0) is 29.8 Å². The van der Waals surface area contributed by atoms with Crippen LogP contribution in [0.1, 0.15) is 11.3 Å². The van der Waals surface area contributed by atoms with Crippen LogP contribution in [0.25, 0.3) is 10.6 Å². The van der Waals surface area contributed by atoms with Crippen LogP contribution in [0.3, 0.4) is 0 Å². The second-order valence-corrected chi connectivity index (χ2v) is 8.07. The van der Waals surface area contributed by atoms with Crippen LogP contribution in [0.2, 0.25) is 0 Å². The highest BCUT2D eigenvalue weighted by molar-refractivity contribution is 7.88. The van der Waals surface area contributed by atoms with Crippen molar-refractivity contribution < 1.29 is 12.8 Å². The van der Waals surface area contributed by atoms with Crippen molar-refractivity contribution in [2.45, 2.75) is 12.2 Å². The Balaban J connectivity index is 1.54. The number of thiazole rings is 1. The zero-order chi connectivity index (χ0) is 17.7. The van der Waals surface area contributed by atoms with Gasteiger partial charge in [-0.3, -0.25) is 4.98 Å². The molecule has 2 aromatic heterocycles. The minimum atomic E-state index is -3.47. The van der Waals surface area contributed by atoms with Crippen molar-refractivity contribution >= 4 is 21.4 Å². The molecule has 0 saturated heterocycles. The number of hydrogen-bond donors (Lipinski definition) is 1. The lowest BCUT2D eigenvalue weighted by molar-refractivity contribution is 0.580. The summed E-state index contributed by atoms with van der Waals surface area (Å²) in [5.74, 6) is -0.560. The fourth-order valence-electron chi connectivity index (χ4n) is 2.23. The van der Waals surface area contributed by atoms with Crippen molar-refractivity contribution in [2.24, 2.45) is 0 Å². The average Bonchev–Trinajstić information content (AvgIpc) is 3.06. The van der Waals surface area contributed by atoms with Crippen molar-refractivity contribution in [2.75, 3.05) is 6.54 Å². The van der Waals surface area contributed by atoms with E-state index < -0.39 is 10.0 Å². The molecule has 3 aromatic rings. The van der Waals surface area contributed by atoms with Crippen LogP contribution in [0.15, 0.2) is 54.2 Å². The summed E-state index contributed by atoms with van der Waals surface area (Å²) in [6.07, 6.45) is 3.92. The fraction of sp³-hybridized carbons (Fsp3) is 0.176. The van der Waals surface area contributed by atoms with Gasteiger partial charge < -0.3 is 0 Å². The van der Waals surface area contributed by atoms with Crippen LogP contribution in [0.5, 0.6) is 0 Å². The Morgan fingerprint density at radius 2 is 1.80 bits per heavy atom. The van der Waals surface area contributed by atoms with E-state index in [9.17, 15) is 12.8 Å². The molecule has 0 fully saturated rings. The molecule has 130 valence electrons. The molecule has 8 heteroatoms. The van der Waals surface area contributed by atoms with Gasteiger partial charge in [-0.15, -0.1) is 11.3 Å². The largest absolute Gasteiger partial charge is 0.265 e. The van der Waals surface area contributed by atoms with Crippen LogP contribution in [-0.4, -0.2) is 24.9 Å². The van der Waals surface area contributed by atoms with Crippen LogP contribution < -0.4 is 4.72 Å². The highest BCUT2D eigenvalue weighted by Crippen LogP contribution is 2.22. The SMILES string of the molecule is O=S(=O)(Cc1ccc(F)cc1)NCCc1csc(-c2ccncc2)n1. The summed E-state index contributed by atoms with van der Waals surface area (Å²) in [6, 6.07) is 9.20. The number of benzene rings is 1. The number of hydrogen-bond acceptors (Lipinski definition) is 5. The van der Waals surface area contributed by atoms with Gasteiger partial charge in [0.25, 0.3) is 0 Å². The number of halogens is 1. The van der Waals surface area contributed by atoms with E-state index in [0.29, 0.717) is 12.0 Å². The Hall–Kier alpha value is -2.16. The molecule has 0 aliphatic rings. The van der Waals surface area contributed by atoms with Gasteiger partial charge in [0.15, 0.2) is 0 Å². The monoisotopic (exact) mass is 377 g/mol. The molecule has 0 aliphatic heterocycles.